The number of rotatable bonds is 11. The Morgan fingerprint density at radius 2 is 1.59 bits per heavy atom. The molecule has 0 aliphatic heterocycles. The van der Waals surface area contributed by atoms with E-state index in [1.54, 1.807) is 39.5 Å². The first-order valence-electron chi connectivity index (χ1n) is 8.42. The fourth-order valence-corrected chi connectivity index (χ4v) is 3.44. The highest BCUT2D eigenvalue weighted by molar-refractivity contribution is 7.89. The van der Waals surface area contributed by atoms with E-state index in [1.807, 2.05) is 12.1 Å². The number of hydrogen-bond donors (Lipinski definition) is 1. The molecule has 27 heavy (non-hydrogen) atoms. The van der Waals surface area contributed by atoms with Crippen molar-refractivity contribution in [3.05, 3.63) is 48.0 Å². The van der Waals surface area contributed by atoms with E-state index >= 15 is 0 Å². The summed E-state index contributed by atoms with van der Waals surface area (Å²) in [6.07, 6.45) is 0.526. The predicted molar refractivity (Wildman–Crippen MR) is 102 cm³/mol. The molecule has 0 saturated carbocycles. The number of hydrogen-bond acceptors (Lipinski definition) is 6. The Bertz CT molecular complexity index is 821. The standard InChI is InChI=1S/C19H25NO6S/c1-23-12-13-26-16-5-7-17(8-6-16)27(21,22)20-11-10-15-4-9-18(24-2)19(14-15)25-3/h4-9,14,20H,10-13H2,1-3H3. The van der Waals surface area contributed by atoms with E-state index in [-0.39, 0.29) is 11.4 Å². The Morgan fingerprint density at radius 3 is 2.22 bits per heavy atom. The van der Waals surface area contributed by atoms with E-state index in [0.29, 0.717) is 36.9 Å². The van der Waals surface area contributed by atoms with Crippen LogP contribution in [0.3, 0.4) is 0 Å². The van der Waals surface area contributed by atoms with Crippen molar-refractivity contribution in [3.8, 4) is 17.2 Å². The van der Waals surface area contributed by atoms with Crippen molar-refractivity contribution in [2.24, 2.45) is 0 Å². The van der Waals surface area contributed by atoms with Crippen molar-refractivity contribution >= 4 is 10.0 Å². The van der Waals surface area contributed by atoms with Gasteiger partial charge in [0.1, 0.15) is 12.4 Å². The molecule has 0 amide bonds. The van der Waals surface area contributed by atoms with Crippen LogP contribution in [0.2, 0.25) is 0 Å². The molecule has 1 N–H and O–H groups in total. The van der Waals surface area contributed by atoms with Crippen molar-refractivity contribution in [1.82, 2.24) is 4.72 Å². The van der Waals surface area contributed by atoms with Crippen LogP contribution >= 0.6 is 0 Å². The molecule has 0 aliphatic rings. The Morgan fingerprint density at radius 1 is 0.889 bits per heavy atom. The monoisotopic (exact) mass is 395 g/mol. The molecule has 0 aliphatic carbocycles. The zero-order valence-corrected chi connectivity index (χ0v) is 16.5. The zero-order valence-electron chi connectivity index (χ0n) is 15.7. The lowest BCUT2D eigenvalue weighted by atomic mass is 10.1. The molecule has 0 fully saturated rings. The van der Waals surface area contributed by atoms with Crippen molar-refractivity contribution < 1.29 is 27.4 Å². The van der Waals surface area contributed by atoms with Gasteiger partial charge in [0.05, 0.1) is 25.7 Å². The normalized spacial score (nSPS) is 11.2. The van der Waals surface area contributed by atoms with E-state index in [4.69, 9.17) is 18.9 Å². The van der Waals surface area contributed by atoms with Crippen LogP contribution in [0.5, 0.6) is 17.2 Å². The van der Waals surface area contributed by atoms with Crippen molar-refractivity contribution in [2.45, 2.75) is 11.3 Å². The van der Waals surface area contributed by atoms with Crippen LogP contribution in [0.15, 0.2) is 47.4 Å². The minimum Gasteiger partial charge on any atom is -0.493 e. The first-order valence-corrected chi connectivity index (χ1v) is 9.91. The van der Waals surface area contributed by atoms with E-state index < -0.39 is 10.0 Å². The van der Waals surface area contributed by atoms with Gasteiger partial charge in [-0.2, -0.15) is 0 Å². The molecule has 0 radical (unpaired) electrons. The van der Waals surface area contributed by atoms with Crippen molar-refractivity contribution in [3.63, 3.8) is 0 Å². The molecular weight excluding hydrogens is 370 g/mol. The summed E-state index contributed by atoms with van der Waals surface area (Å²) in [6.45, 7) is 1.15. The Kier molecular flexibility index (Phi) is 7.90. The average Bonchev–Trinajstić information content (AvgIpc) is 2.68. The number of methoxy groups -OCH3 is 3. The fraction of sp³-hybridized carbons (Fsp3) is 0.368. The van der Waals surface area contributed by atoms with E-state index in [1.165, 1.54) is 12.1 Å². The molecule has 8 heteroatoms. The smallest absolute Gasteiger partial charge is 0.240 e. The lowest BCUT2D eigenvalue weighted by molar-refractivity contribution is 0.146. The number of ether oxygens (including phenoxy) is 4. The molecular formula is C19H25NO6S. The highest BCUT2D eigenvalue weighted by Crippen LogP contribution is 2.27. The van der Waals surface area contributed by atoms with Gasteiger partial charge in [0.25, 0.3) is 0 Å². The van der Waals surface area contributed by atoms with Crippen molar-refractivity contribution in [2.75, 3.05) is 41.1 Å². The summed E-state index contributed by atoms with van der Waals surface area (Å²) in [6, 6.07) is 11.8. The van der Waals surface area contributed by atoms with E-state index in [0.717, 1.165) is 5.56 Å². The van der Waals surface area contributed by atoms with Gasteiger partial charge in [-0.05, 0) is 48.4 Å². The quantitative estimate of drug-likeness (QED) is 0.588. The lowest BCUT2D eigenvalue weighted by Gasteiger charge is -2.11. The molecule has 7 nitrogen and oxygen atoms in total. The molecule has 0 heterocycles. The van der Waals surface area contributed by atoms with Crippen LogP contribution in [0, 0.1) is 0 Å². The fourth-order valence-electron chi connectivity index (χ4n) is 2.41. The maximum absolute atomic E-state index is 12.4. The molecule has 0 unspecified atom stereocenters. The molecule has 2 aromatic carbocycles. The molecule has 2 aromatic rings. The van der Waals surface area contributed by atoms with Gasteiger partial charge in [0, 0.05) is 13.7 Å². The zero-order chi connectivity index (χ0) is 19.7. The molecule has 2 rings (SSSR count). The number of sulfonamides is 1. The van der Waals surface area contributed by atoms with Crippen molar-refractivity contribution in [1.29, 1.82) is 0 Å². The van der Waals surface area contributed by atoms with Crippen LogP contribution in [0.1, 0.15) is 5.56 Å². The average molecular weight is 395 g/mol. The number of benzene rings is 2. The van der Waals surface area contributed by atoms with Gasteiger partial charge in [-0.3, -0.25) is 0 Å². The minimum atomic E-state index is -3.59. The largest absolute Gasteiger partial charge is 0.493 e. The third-order valence-corrected chi connectivity index (χ3v) is 5.32. The predicted octanol–water partition coefficient (Wildman–Crippen LogP) is 2.25. The summed E-state index contributed by atoms with van der Waals surface area (Å²) >= 11 is 0. The van der Waals surface area contributed by atoms with Crippen LogP contribution in [0.25, 0.3) is 0 Å². The molecule has 0 bridgehead atoms. The third kappa shape index (κ3) is 6.13. The van der Waals surface area contributed by atoms with Gasteiger partial charge >= 0.3 is 0 Å². The molecule has 0 spiro atoms. The lowest BCUT2D eigenvalue weighted by Crippen LogP contribution is -2.26. The Balaban J connectivity index is 1.92. The first-order chi connectivity index (χ1) is 13.0. The van der Waals surface area contributed by atoms with Gasteiger partial charge in [0.2, 0.25) is 10.0 Å². The second-order valence-corrected chi connectivity index (χ2v) is 7.42. The topological polar surface area (TPSA) is 83.1 Å². The summed E-state index contributed by atoms with van der Waals surface area (Å²) < 4.78 is 48.2. The summed E-state index contributed by atoms with van der Waals surface area (Å²) in [5.41, 5.74) is 0.942. The van der Waals surface area contributed by atoms with Gasteiger partial charge < -0.3 is 18.9 Å². The second-order valence-electron chi connectivity index (χ2n) is 5.65. The summed E-state index contributed by atoms with van der Waals surface area (Å²) in [5, 5.41) is 0. The second kappa shape index (κ2) is 10.1. The summed E-state index contributed by atoms with van der Waals surface area (Å²) in [7, 11) is 1.13. The van der Waals surface area contributed by atoms with Crippen LogP contribution in [0.4, 0.5) is 0 Å². The van der Waals surface area contributed by atoms with Crippen LogP contribution in [-0.2, 0) is 21.2 Å². The van der Waals surface area contributed by atoms with Crippen LogP contribution in [-0.4, -0.2) is 49.5 Å². The SMILES string of the molecule is COCCOc1ccc(S(=O)(=O)NCCc2ccc(OC)c(OC)c2)cc1. The molecule has 0 saturated heterocycles. The number of nitrogens with one attached hydrogen (secondary N) is 1. The molecule has 148 valence electrons. The molecule has 0 aromatic heterocycles. The maximum Gasteiger partial charge on any atom is 0.240 e. The first kappa shape index (κ1) is 21.0. The summed E-state index contributed by atoms with van der Waals surface area (Å²) in [4.78, 5) is 0.189. The summed E-state index contributed by atoms with van der Waals surface area (Å²) in [5.74, 6) is 1.84. The Hall–Kier alpha value is -2.29. The Labute approximate surface area is 160 Å². The van der Waals surface area contributed by atoms with Gasteiger partial charge in [-0.15, -0.1) is 0 Å². The van der Waals surface area contributed by atoms with E-state index in [2.05, 4.69) is 4.72 Å². The van der Waals surface area contributed by atoms with Crippen LogP contribution < -0.4 is 18.9 Å². The maximum atomic E-state index is 12.4. The highest BCUT2D eigenvalue weighted by Gasteiger charge is 2.14. The van der Waals surface area contributed by atoms with Gasteiger partial charge in [-0.1, -0.05) is 6.07 Å². The van der Waals surface area contributed by atoms with Gasteiger partial charge in [0.15, 0.2) is 11.5 Å². The van der Waals surface area contributed by atoms with Gasteiger partial charge in [-0.25, -0.2) is 13.1 Å². The van der Waals surface area contributed by atoms with E-state index in [9.17, 15) is 8.42 Å². The minimum absolute atomic E-state index is 0.189. The third-order valence-electron chi connectivity index (χ3n) is 3.84. The molecule has 0 atom stereocenters. The highest BCUT2D eigenvalue weighted by atomic mass is 32.2.